The highest BCUT2D eigenvalue weighted by molar-refractivity contribution is 7.19. The molecule has 1 amide bonds. The van der Waals surface area contributed by atoms with E-state index in [9.17, 15) is 27.2 Å². The van der Waals surface area contributed by atoms with Crippen LogP contribution >= 0.6 is 56.9 Å². The summed E-state index contributed by atoms with van der Waals surface area (Å²) in [6, 6.07) is 17.8. The van der Waals surface area contributed by atoms with E-state index in [-0.39, 0.29) is 0 Å². The van der Waals surface area contributed by atoms with Crippen molar-refractivity contribution < 1.29 is 27.2 Å². The number of thiophene rings is 2. The Kier molecular flexibility index (Phi) is 12.3. The molecule has 2 aromatic carbocycles. The number of carbonyl (C=O) groups excluding carboxylic acids is 2. The topological polar surface area (TPSA) is 134 Å². The van der Waals surface area contributed by atoms with E-state index in [2.05, 4.69) is 25.5 Å². The molecule has 55 heavy (non-hydrogen) atoms. The van der Waals surface area contributed by atoms with Gasteiger partial charge in [-0.2, -0.15) is 10.2 Å². The molecule has 0 unspecified atom stereocenters. The van der Waals surface area contributed by atoms with Crippen molar-refractivity contribution in [1.82, 2.24) is 29.5 Å². The van der Waals surface area contributed by atoms with E-state index in [1.54, 1.807) is 45.8 Å². The van der Waals surface area contributed by atoms with Crippen LogP contribution in [-0.4, -0.2) is 40.7 Å². The van der Waals surface area contributed by atoms with Crippen molar-refractivity contribution in [3.8, 4) is 42.5 Å². The minimum Gasteiger partial charge on any atom is -0.391 e. The first-order valence-electron chi connectivity index (χ1n) is 15.6. The number of hydrogen-bond donors (Lipinski definition) is 2. The summed E-state index contributed by atoms with van der Waals surface area (Å²) in [4.78, 5) is 33.1. The second-order valence-electron chi connectivity index (χ2n) is 11.0. The normalized spacial score (nSPS) is 10.7. The Labute approximate surface area is 331 Å². The molecule has 19 heteroatoms. The maximum absolute atomic E-state index is 13.8. The summed E-state index contributed by atoms with van der Waals surface area (Å²) in [5.41, 5.74) is 8.03. The fourth-order valence-electron chi connectivity index (χ4n) is 4.91. The number of hydrogen-bond acceptors (Lipinski definition) is 11. The number of aromatic nitrogens is 6. The van der Waals surface area contributed by atoms with Crippen LogP contribution in [-0.2, 0) is 14.1 Å². The fourth-order valence-corrected chi connectivity index (χ4v) is 8.05. The van der Waals surface area contributed by atoms with Crippen LogP contribution < -0.4 is 11.1 Å². The summed E-state index contributed by atoms with van der Waals surface area (Å²) >= 11 is 10.8. The zero-order valence-electron chi connectivity index (χ0n) is 28.3. The van der Waals surface area contributed by atoms with Gasteiger partial charge in [-0.15, -0.1) is 45.3 Å². The molecule has 8 aromatic rings. The molecular formula is C36H25ClF4N8O2S4. The highest BCUT2D eigenvalue weighted by Crippen LogP contribution is 2.35. The first-order valence-corrected chi connectivity index (χ1v) is 19.4. The average Bonchev–Trinajstić information content (AvgIpc) is 3.98. The summed E-state index contributed by atoms with van der Waals surface area (Å²) in [5, 5.41) is 17.2. The van der Waals surface area contributed by atoms with Crippen LogP contribution in [0.15, 0.2) is 96.0 Å². The third-order valence-corrected chi connectivity index (χ3v) is 11.1. The zero-order valence-corrected chi connectivity index (χ0v) is 32.4. The van der Waals surface area contributed by atoms with Gasteiger partial charge in [0.05, 0.1) is 31.1 Å². The molecule has 0 radical (unpaired) electrons. The van der Waals surface area contributed by atoms with E-state index < -0.39 is 45.5 Å². The van der Waals surface area contributed by atoms with Crippen LogP contribution in [0.5, 0.6) is 0 Å². The Balaban J connectivity index is 0.000000156. The first-order chi connectivity index (χ1) is 26.4. The standard InChI is InChI=1S/C18H12F2N4OS2.C11H10N4S2.C7H3ClF2O/c1-24-13(9-12(23-24)18-21-7-8-26-18)14-5-6-15(27-14)22-17(25)16-10(19)3-2-4-11(16)20;1-15-8(9-2-3-10(12)17-9)6-7(14-15)11-13-4-5-16-11;8-7(11)6-4(9)2-1-3-5(6)10/h2-9H,1H3,(H,22,25);2-6H,12H2,1H3;1-3H. The average molecular weight is 841 g/mol. The summed E-state index contributed by atoms with van der Waals surface area (Å²) in [6.07, 6.45) is 3.51. The predicted octanol–water partition coefficient (Wildman–Crippen LogP) is 10.0. The molecule has 280 valence electrons. The lowest BCUT2D eigenvalue weighted by molar-refractivity contribution is 0.101. The van der Waals surface area contributed by atoms with Crippen LogP contribution in [0.3, 0.4) is 0 Å². The number of amides is 1. The number of benzene rings is 2. The highest BCUT2D eigenvalue weighted by atomic mass is 35.5. The monoisotopic (exact) mass is 840 g/mol. The van der Waals surface area contributed by atoms with Crippen molar-refractivity contribution >= 4 is 78.1 Å². The van der Waals surface area contributed by atoms with Crippen molar-refractivity contribution in [2.45, 2.75) is 0 Å². The number of nitrogen functional groups attached to an aromatic ring is 1. The van der Waals surface area contributed by atoms with Crippen LogP contribution in [0.4, 0.5) is 27.6 Å². The number of anilines is 2. The molecule has 8 rings (SSSR count). The second kappa shape index (κ2) is 17.3. The van der Waals surface area contributed by atoms with Gasteiger partial charge in [-0.3, -0.25) is 19.0 Å². The summed E-state index contributed by atoms with van der Waals surface area (Å²) < 4.78 is 56.2. The van der Waals surface area contributed by atoms with Gasteiger partial charge in [0.15, 0.2) is 0 Å². The van der Waals surface area contributed by atoms with Gasteiger partial charge in [0.2, 0.25) is 0 Å². The number of nitrogens with two attached hydrogens (primary N) is 1. The predicted molar refractivity (Wildman–Crippen MR) is 211 cm³/mol. The van der Waals surface area contributed by atoms with Gasteiger partial charge in [-0.05, 0) is 72.3 Å². The Morgan fingerprint density at radius 3 is 1.58 bits per heavy atom. The van der Waals surface area contributed by atoms with Crippen molar-refractivity contribution in [1.29, 1.82) is 0 Å². The number of nitrogens with one attached hydrogen (secondary N) is 1. The summed E-state index contributed by atoms with van der Waals surface area (Å²) in [6.45, 7) is 0. The lowest BCUT2D eigenvalue weighted by Gasteiger charge is -2.04. The smallest absolute Gasteiger partial charge is 0.262 e. The van der Waals surface area contributed by atoms with Gasteiger partial charge < -0.3 is 11.1 Å². The third-order valence-electron chi connectivity index (χ3n) is 7.39. The molecule has 3 N–H and O–H groups in total. The second-order valence-corrected chi connectivity index (χ2v) is 15.4. The molecule has 6 aromatic heterocycles. The van der Waals surface area contributed by atoms with Gasteiger partial charge in [-0.1, -0.05) is 12.1 Å². The molecule has 0 aliphatic heterocycles. The molecule has 10 nitrogen and oxygen atoms in total. The molecule has 6 heterocycles. The molecule has 0 aliphatic rings. The summed E-state index contributed by atoms with van der Waals surface area (Å²) in [5.74, 6) is -4.50. The lowest BCUT2D eigenvalue weighted by atomic mass is 10.2. The minimum absolute atomic E-state index is 0.481. The lowest BCUT2D eigenvalue weighted by Crippen LogP contribution is -2.14. The van der Waals surface area contributed by atoms with E-state index in [0.29, 0.717) is 5.00 Å². The van der Waals surface area contributed by atoms with Gasteiger partial charge in [0.25, 0.3) is 11.1 Å². The molecular weight excluding hydrogens is 816 g/mol. The van der Waals surface area contributed by atoms with Crippen LogP contribution in [0.1, 0.15) is 20.7 Å². The van der Waals surface area contributed by atoms with Crippen LogP contribution in [0.25, 0.3) is 42.5 Å². The van der Waals surface area contributed by atoms with E-state index in [0.717, 1.165) is 77.9 Å². The maximum atomic E-state index is 13.8. The molecule has 0 spiro atoms. The minimum atomic E-state index is -1.12. The van der Waals surface area contributed by atoms with Gasteiger partial charge >= 0.3 is 0 Å². The number of carbonyl (C=O) groups is 2. The van der Waals surface area contributed by atoms with Crippen molar-refractivity contribution in [3.63, 3.8) is 0 Å². The largest absolute Gasteiger partial charge is 0.391 e. The van der Waals surface area contributed by atoms with Crippen molar-refractivity contribution in [3.05, 3.63) is 130 Å². The molecule has 0 aliphatic carbocycles. The quantitative estimate of drug-likeness (QED) is 0.121. The van der Waals surface area contributed by atoms with E-state index in [4.69, 9.17) is 17.3 Å². The fraction of sp³-hybridized carbons (Fsp3) is 0.0556. The molecule has 0 atom stereocenters. The number of aryl methyl sites for hydroxylation is 2. The molecule has 0 saturated heterocycles. The number of rotatable bonds is 7. The Morgan fingerprint density at radius 1 is 0.691 bits per heavy atom. The SMILES string of the molecule is Cn1nc(-c2nccs2)cc1-c1ccc(N)s1.Cn1nc(-c2nccs2)cc1-c1ccc(NC(=O)c2c(F)cccc2F)s1.O=C(Cl)c1c(F)cccc1F. The van der Waals surface area contributed by atoms with Crippen LogP contribution in [0, 0.1) is 23.3 Å². The highest BCUT2D eigenvalue weighted by Gasteiger charge is 2.19. The van der Waals surface area contributed by atoms with Crippen molar-refractivity contribution in [2.75, 3.05) is 11.1 Å². The Hall–Kier alpha value is -5.53. The van der Waals surface area contributed by atoms with E-state index in [1.807, 2.05) is 59.9 Å². The molecule has 0 saturated carbocycles. The number of halogens is 5. The number of thiazole rings is 2. The van der Waals surface area contributed by atoms with E-state index in [1.165, 1.54) is 28.7 Å². The summed E-state index contributed by atoms with van der Waals surface area (Å²) in [7, 11) is 3.75. The van der Waals surface area contributed by atoms with Gasteiger partial charge in [-0.25, -0.2) is 27.5 Å². The molecule has 0 fully saturated rings. The first kappa shape index (κ1) is 39.2. The number of nitrogens with zero attached hydrogens (tertiary/aromatic N) is 6. The maximum Gasteiger partial charge on any atom is 0.262 e. The van der Waals surface area contributed by atoms with Gasteiger partial charge in [0.1, 0.15) is 55.8 Å². The Bertz CT molecular complexity index is 2540. The zero-order chi connectivity index (χ0) is 39.2. The third kappa shape index (κ3) is 9.23. The Morgan fingerprint density at radius 2 is 1.16 bits per heavy atom. The van der Waals surface area contributed by atoms with Crippen molar-refractivity contribution in [2.24, 2.45) is 14.1 Å². The molecule has 0 bridgehead atoms. The van der Waals surface area contributed by atoms with Crippen LogP contribution in [0.2, 0.25) is 0 Å². The van der Waals surface area contributed by atoms with Gasteiger partial charge in [0, 0.05) is 37.2 Å². The van der Waals surface area contributed by atoms with E-state index >= 15 is 0 Å².